The highest BCUT2D eigenvalue weighted by atomic mass is 19.1. The topological polar surface area (TPSA) is 62.0 Å². The van der Waals surface area contributed by atoms with E-state index in [1.807, 2.05) is 0 Å². The average Bonchev–Trinajstić information content (AvgIpc) is 2.33. The van der Waals surface area contributed by atoms with Gasteiger partial charge in [-0.3, -0.25) is 9.59 Å². The number of hydrogen-bond acceptors (Lipinski definition) is 2. The molecule has 0 atom stereocenters. The van der Waals surface area contributed by atoms with Crippen LogP contribution in [0.15, 0.2) is 41.3 Å². The van der Waals surface area contributed by atoms with E-state index in [2.05, 4.69) is 10.3 Å². The summed E-state index contributed by atoms with van der Waals surface area (Å²) < 4.78 is 13.5. The number of pyridine rings is 1. The first-order valence-electron chi connectivity index (χ1n) is 5.32. The van der Waals surface area contributed by atoms with Gasteiger partial charge < -0.3 is 10.3 Å². The van der Waals surface area contributed by atoms with Gasteiger partial charge in [-0.25, -0.2) is 4.39 Å². The number of hydrogen-bond donors (Lipinski definition) is 2. The molecule has 1 aromatic heterocycles. The second-order valence-electron chi connectivity index (χ2n) is 3.88. The summed E-state index contributed by atoms with van der Waals surface area (Å²) in [5.41, 5.74) is 0.842. The summed E-state index contributed by atoms with van der Waals surface area (Å²) in [5.74, 6) is -0.971. The summed E-state index contributed by atoms with van der Waals surface area (Å²) in [7, 11) is 0. The first kappa shape index (κ1) is 12.0. The molecule has 0 aliphatic rings. The Morgan fingerprint density at radius 1 is 1.28 bits per heavy atom. The minimum absolute atomic E-state index is 0.108. The predicted octanol–water partition coefficient (Wildman–Crippen LogP) is 2.07. The molecular weight excluding hydrogens is 235 g/mol. The molecule has 2 aromatic rings. The molecule has 2 rings (SSSR count). The number of halogens is 1. The van der Waals surface area contributed by atoms with Crippen LogP contribution in [0.25, 0.3) is 0 Å². The van der Waals surface area contributed by atoms with Crippen LogP contribution in [0.5, 0.6) is 0 Å². The molecule has 18 heavy (non-hydrogen) atoms. The van der Waals surface area contributed by atoms with Crippen LogP contribution in [0.3, 0.4) is 0 Å². The largest absolute Gasteiger partial charge is 0.328 e. The third kappa shape index (κ3) is 2.63. The number of amides is 1. The Morgan fingerprint density at radius 3 is 2.67 bits per heavy atom. The van der Waals surface area contributed by atoms with Gasteiger partial charge in [-0.05, 0) is 30.7 Å². The zero-order valence-corrected chi connectivity index (χ0v) is 9.66. The van der Waals surface area contributed by atoms with E-state index in [1.54, 1.807) is 13.0 Å². The molecule has 0 spiro atoms. The number of anilines is 1. The standard InChI is InChI=1S/C13H11FN2O2/c1-8-2-4-11(10(14)6-8)16-13(18)9-3-5-12(17)15-7-9/h2-7H,1H3,(H,15,17)(H,16,18). The van der Waals surface area contributed by atoms with Gasteiger partial charge in [0, 0.05) is 12.3 Å². The van der Waals surface area contributed by atoms with E-state index in [1.165, 1.54) is 30.5 Å². The summed E-state index contributed by atoms with van der Waals surface area (Å²) in [4.78, 5) is 25.0. The number of aryl methyl sites for hydroxylation is 1. The lowest BCUT2D eigenvalue weighted by molar-refractivity contribution is 0.102. The Labute approximate surface area is 102 Å². The van der Waals surface area contributed by atoms with Crippen LogP contribution in [0.1, 0.15) is 15.9 Å². The third-order valence-electron chi connectivity index (χ3n) is 2.42. The summed E-state index contributed by atoms with van der Waals surface area (Å²) in [5, 5.41) is 2.44. The quantitative estimate of drug-likeness (QED) is 0.852. The molecular formula is C13H11FN2O2. The average molecular weight is 246 g/mol. The van der Waals surface area contributed by atoms with E-state index < -0.39 is 11.7 Å². The second-order valence-corrected chi connectivity index (χ2v) is 3.88. The monoisotopic (exact) mass is 246 g/mol. The number of H-pyrrole nitrogens is 1. The lowest BCUT2D eigenvalue weighted by Crippen LogP contribution is -2.15. The Hall–Kier alpha value is -2.43. The molecule has 1 aromatic carbocycles. The molecule has 0 fully saturated rings. The lowest BCUT2D eigenvalue weighted by Gasteiger charge is -2.06. The molecule has 0 saturated heterocycles. The Morgan fingerprint density at radius 2 is 2.06 bits per heavy atom. The number of aromatic amines is 1. The van der Waals surface area contributed by atoms with Crippen LogP contribution in [-0.4, -0.2) is 10.9 Å². The predicted molar refractivity (Wildman–Crippen MR) is 66.2 cm³/mol. The van der Waals surface area contributed by atoms with Gasteiger partial charge in [0.05, 0.1) is 11.3 Å². The van der Waals surface area contributed by atoms with Crippen molar-refractivity contribution in [2.24, 2.45) is 0 Å². The SMILES string of the molecule is Cc1ccc(NC(=O)c2ccc(=O)[nH]c2)c(F)c1. The van der Waals surface area contributed by atoms with Gasteiger partial charge in [-0.1, -0.05) is 6.07 Å². The van der Waals surface area contributed by atoms with Crippen LogP contribution >= 0.6 is 0 Å². The molecule has 0 unspecified atom stereocenters. The van der Waals surface area contributed by atoms with Crippen molar-refractivity contribution in [3.63, 3.8) is 0 Å². The van der Waals surface area contributed by atoms with Crippen molar-refractivity contribution in [2.45, 2.75) is 6.92 Å². The van der Waals surface area contributed by atoms with Crippen LogP contribution in [-0.2, 0) is 0 Å². The van der Waals surface area contributed by atoms with Gasteiger partial charge in [0.2, 0.25) is 5.56 Å². The molecule has 0 bridgehead atoms. The van der Waals surface area contributed by atoms with Crippen LogP contribution in [0, 0.1) is 12.7 Å². The number of nitrogens with one attached hydrogen (secondary N) is 2. The molecule has 0 saturated carbocycles. The zero-order valence-electron chi connectivity index (χ0n) is 9.66. The van der Waals surface area contributed by atoms with Crippen molar-refractivity contribution in [2.75, 3.05) is 5.32 Å². The maximum absolute atomic E-state index is 13.5. The van der Waals surface area contributed by atoms with Crippen LogP contribution in [0.4, 0.5) is 10.1 Å². The normalized spacial score (nSPS) is 10.1. The van der Waals surface area contributed by atoms with Crippen LogP contribution in [0.2, 0.25) is 0 Å². The number of carbonyl (C=O) groups is 1. The van der Waals surface area contributed by atoms with E-state index in [0.717, 1.165) is 5.56 Å². The smallest absolute Gasteiger partial charge is 0.257 e. The van der Waals surface area contributed by atoms with E-state index >= 15 is 0 Å². The fraction of sp³-hybridized carbons (Fsp3) is 0.0769. The Bertz CT molecular complexity index is 629. The van der Waals surface area contributed by atoms with Gasteiger partial charge in [0.25, 0.3) is 5.91 Å². The molecule has 92 valence electrons. The van der Waals surface area contributed by atoms with Crippen molar-refractivity contribution < 1.29 is 9.18 Å². The highest BCUT2D eigenvalue weighted by Crippen LogP contribution is 2.15. The molecule has 4 nitrogen and oxygen atoms in total. The van der Waals surface area contributed by atoms with Crippen molar-refractivity contribution in [1.29, 1.82) is 0 Å². The molecule has 1 amide bonds. The molecule has 0 aliphatic carbocycles. The van der Waals surface area contributed by atoms with E-state index in [4.69, 9.17) is 0 Å². The zero-order chi connectivity index (χ0) is 13.1. The number of aromatic nitrogens is 1. The first-order chi connectivity index (χ1) is 8.56. The molecule has 0 radical (unpaired) electrons. The maximum atomic E-state index is 13.5. The molecule has 0 aliphatic heterocycles. The van der Waals surface area contributed by atoms with Gasteiger partial charge in [0.15, 0.2) is 0 Å². The summed E-state index contributed by atoms with van der Waals surface area (Å²) in [6, 6.07) is 7.14. The van der Waals surface area contributed by atoms with Crippen molar-refractivity contribution >= 4 is 11.6 Å². The number of carbonyl (C=O) groups excluding carboxylic acids is 1. The molecule has 1 heterocycles. The third-order valence-corrected chi connectivity index (χ3v) is 2.42. The Kier molecular flexibility index (Phi) is 3.23. The summed E-state index contributed by atoms with van der Waals surface area (Å²) in [6.07, 6.45) is 1.28. The number of benzene rings is 1. The molecule has 2 N–H and O–H groups in total. The fourth-order valence-electron chi connectivity index (χ4n) is 1.47. The van der Waals surface area contributed by atoms with Crippen molar-refractivity contribution in [3.8, 4) is 0 Å². The van der Waals surface area contributed by atoms with Crippen LogP contribution < -0.4 is 10.9 Å². The highest BCUT2D eigenvalue weighted by molar-refractivity contribution is 6.04. The summed E-state index contributed by atoms with van der Waals surface area (Å²) >= 11 is 0. The highest BCUT2D eigenvalue weighted by Gasteiger charge is 2.09. The Balaban J connectivity index is 2.21. The van der Waals surface area contributed by atoms with Gasteiger partial charge in [0.1, 0.15) is 5.82 Å². The fourth-order valence-corrected chi connectivity index (χ4v) is 1.47. The second kappa shape index (κ2) is 4.83. The minimum atomic E-state index is -0.493. The van der Waals surface area contributed by atoms with Crippen molar-refractivity contribution in [1.82, 2.24) is 4.98 Å². The van der Waals surface area contributed by atoms with E-state index in [0.29, 0.717) is 0 Å². The van der Waals surface area contributed by atoms with Gasteiger partial charge in [-0.15, -0.1) is 0 Å². The van der Waals surface area contributed by atoms with Gasteiger partial charge >= 0.3 is 0 Å². The lowest BCUT2D eigenvalue weighted by atomic mass is 10.2. The maximum Gasteiger partial charge on any atom is 0.257 e. The first-order valence-corrected chi connectivity index (χ1v) is 5.32. The minimum Gasteiger partial charge on any atom is -0.328 e. The summed E-state index contributed by atoms with van der Waals surface area (Å²) in [6.45, 7) is 1.76. The van der Waals surface area contributed by atoms with Gasteiger partial charge in [-0.2, -0.15) is 0 Å². The number of rotatable bonds is 2. The van der Waals surface area contributed by atoms with Crippen molar-refractivity contribution in [3.05, 3.63) is 63.8 Å². The molecule has 5 heteroatoms. The van der Waals surface area contributed by atoms with E-state index in [9.17, 15) is 14.0 Å². The van der Waals surface area contributed by atoms with E-state index in [-0.39, 0.29) is 16.8 Å².